The molecule has 0 fully saturated rings. The molecule has 1 aromatic rings. The predicted octanol–water partition coefficient (Wildman–Crippen LogP) is 2.40. The summed E-state index contributed by atoms with van der Waals surface area (Å²) in [6, 6.07) is 9.39. The summed E-state index contributed by atoms with van der Waals surface area (Å²) in [6.45, 7) is 0. The Kier molecular flexibility index (Phi) is 3.05. The lowest BCUT2D eigenvalue weighted by atomic mass is 10.1. The van der Waals surface area contributed by atoms with Crippen molar-refractivity contribution in [1.82, 2.24) is 0 Å². The summed E-state index contributed by atoms with van der Waals surface area (Å²) >= 11 is 0. The van der Waals surface area contributed by atoms with Crippen molar-refractivity contribution in [1.29, 1.82) is 0 Å². The minimum Gasteiger partial charge on any atom is -0.486 e. The average molecular weight is 216 g/mol. The number of carboxylic acids is 1. The van der Waals surface area contributed by atoms with Crippen LogP contribution in [0.15, 0.2) is 54.1 Å². The maximum Gasteiger partial charge on any atom is 0.335 e. The van der Waals surface area contributed by atoms with E-state index in [1.807, 2.05) is 36.4 Å². The van der Waals surface area contributed by atoms with E-state index in [0.29, 0.717) is 6.42 Å². The molecule has 1 atom stereocenters. The van der Waals surface area contributed by atoms with E-state index in [9.17, 15) is 4.79 Å². The number of carbonyl (C=O) groups is 1. The van der Waals surface area contributed by atoms with Crippen molar-refractivity contribution in [2.45, 2.75) is 12.5 Å². The lowest BCUT2D eigenvalue weighted by Gasteiger charge is -2.17. The van der Waals surface area contributed by atoms with Crippen LogP contribution in [-0.4, -0.2) is 17.2 Å². The predicted molar refractivity (Wildman–Crippen MR) is 60.3 cm³/mol. The van der Waals surface area contributed by atoms with Gasteiger partial charge in [0.15, 0.2) is 0 Å². The summed E-state index contributed by atoms with van der Waals surface area (Å²) < 4.78 is 5.64. The first kappa shape index (κ1) is 10.5. The molecule has 82 valence electrons. The van der Waals surface area contributed by atoms with Crippen LogP contribution in [0.4, 0.5) is 0 Å². The highest BCUT2D eigenvalue weighted by Crippen LogP contribution is 2.18. The van der Waals surface area contributed by atoms with Gasteiger partial charge in [-0.25, -0.2) is 4.79 Å². The van der Waals surface area contributed by atoms with Gasteiger partial charge < -0.3 is 9.84 Å². The maximum atomic E-state index is 10.8. The third kappa shape index (κ3) is 2.51. The van der Waals surface area contributed by atoms with Gasteiger partial charge in [-0.05, 0) is 18.2 Å². The van der Waals surface area contributed by atoms with Crippen LogP contribution < -0.4 is 4.74 Å². The van der Waals surface area contributed by atoms with Crippen LogP contribution in [-0.2, 0) is 4.79 Å². The van der Waals surface area contributed by atoms with Gasteiger partial charge in [-0.3, -0.25) is 0 Å². The van der Waals surface area contributed by atoms with E-state index >= 15 is 0 Å². The second-order valence-electron chi connectivity index (χ2n) is 3.53. The highest BCUT2D eigenvalue weighted by atomic mass is 16.5. The molecule has 0 saturated carbocycles. The molecule has 1 N–H and O–H groups in total. The van der Waals surface area contributed by atoms with Gasteiger partial charge in [0.25, 0.3) is 0 Å². The van der Waals surface area contributed by atoms with Gasteiger partial charge in [-0.15, -0.1) is 0 Å². The Balaban J connectivity index is 2.07. The zero-order valence-corrected chi connectivity index (χ0v) is 8.67. The summed E-state index contributed by atoms with van der Waals surface area (Å²) in [5.74, 6) is -0.165. The Morgan fingerprint density at radius 2 is 2.06 bits per heavy atom. The zero-order valence-electron chi connectivity index (χ0n) is 8.67. The molecule has 0 amide bonds. The van der Waals surface area contributed by atoms with Crippen molar-refractivity contribution in [2.24, 2.45) is 0 Å². The number of benzene rings is 1. The van der Waals surface area contributed by atoms with Crippen LogP contribution in [0.5, 0.6) is 5.75 Å². The van der Waals surface area contributed by atoms with E-state index < -0.39 is 5.97 Å². The molecule has 16 heavy (non-hydrogen) atoms. The van der Waals surface area contributed by atoms with Gasteiger partial charge in [-0.1, -0.05) is 30.4 Å². The van der Waals surface area contributed by atoms with Crippen LogP contribution >= 0.6 is 0 Å². The zero-order chi connectivity index (χ0) is 11.4. The molecule has 1 unspecified atom stereocenters. The van der Waals surface area contributed by atoms with Crippen molar-refractivity contribution in [3.05, 3.63) is 54.1 Å². The second-order valence-corrected chi connectivity index (χ2v) is 3.53. The van der Waals surface area contributed by atoms with Crippen LogP contribution in [0, 0.1) is 0 Å². The van der Waals surface area contributed by atoms with Gasteiger partial charge in [0.2, 0.25) is 0 Å². The topological polar surface area (TPSA) is 46.5 Å². The largest absolute Gasteiger partial charge is 0.486 e. The Labute approximate surface area is 93.7 Å². The molecule has 3 heteroatoms. The smallest absolute Gasteiger partial charge is 0.335 e. The molecular formula is C13H12O3. The Bertz CT molecular complexity index is 432. The van der Waals surface area contributed by atoms with E-state index in [0.717, 1.165) is 5.75 Å². The average Bonchev–Trinajstić information content (AvgIpc) is 2.30. The maximum absolute atomic E-state index is 10.8. The van der Waals surface area contributed by atoms with Gasteiger partial charge in [0, 0.05) is 6.42 Å². The van der Waals surface area contributed by atoms with Gasteiger partial charge in [0.1, 0.15) is 11.9 Å². The monoisotopic (exact) mass is 216 g/mol. The summed E-state index contributed by atoms with van der Waals surface area (Å²) in [4.78, 5) is 10.8. The Morgan fingerprint density at radius 1 is 1.31 bits per heavy atom. The van der Waals surface area contributed by atoms with Gasteiger partial charge in [0.05, 0.1) is 5.57 Å². The molecule has 1 aliphatic rings. The van der Waals surface area contributed by atoms with Crippen molar-refractivity contribution in [3.63, 3.8) is 0 Å². The second kappa shape index (κ2) is 4.66. The number of carboxylic acid groups (broad SMARTS) is 1. The molecule has 0 saturated heterocycles. The van der Waals surface area contributed by atoms with Crippen molar-refractivity contribution < 1.29 is 14.6 Å². The van der Waals surface area contributed by atoms with Crippen LogP contribution in [0.2, 0.25) is 0 Å². The lowest BCUT2D eigenvalue weighted by molar-refractivity contribution is -0.132. The van der Waals surface area contributed by atoms with Gasteiger partial charge in [-0.2, -0.15) is 0 Å². The first-order valence-electron chi connectivity index (χ1n) is 5.09. The minimum atomic E-state index is -0.919. The first-order valence-corrected chi connectivity index (χ1v) is 5.09. The number of para-hydroxylation sites is 1. The standard InChI is InChI=1S/C13H12O3/c14-13(15)10-5-4-8-12(9-10)16-11-6-2-1-3-7-11/h1-7,9,12H,8H2,(H,14,15). The third-order valence-corrected chi connectivity index (χ3v) is 2.31. The van der Waals surface area contributed by atoms with Crippen molar-refractivity contribution in [2.75, 3.05) is 0 Å². The molecule has 0 aliphatic heterocycles. The first-order chi connectivity index (χ1) is 7.75. The molecule has 2 rings (SSSR count). The highest BCUT2D eigenvalue weighted by Gasteiger charge is 2.14. The fourth-order valence-corrected chi connectivity index (χ4v) is 1.55. The van der Waals surface area contributed by atoms with Crippen LogP contribution in [0.1, 0.15) is 6.42 Å². The lowest BCUT2D eigenvalue weighted by Crippen LogP contribution is -2.17. The number of hydrogen-bond donors (Lipinski definition) is 1. The molecule has 0 heterocycles. The number of hydrogen-bond acceptors (Lipinski definition) is 2. The molecule has 1 aromatic carbocycles. The quantitative estimate of drug-likeness (QED) is 0.843. The summed E-state index contributed by atoms with van der Waals surface area (Å²) in [5.41, 5.74) is 0.284. The summed E-state index contributed by atoms with van der Waals surface area (Å²) in [7, 11) is 0. The number of aliphatic carboxylic acids is 1. The molecule has 3 nitrogen and oxygen atoms in total. The molecule has 0 radical (unpaired) electrons. The van der Waals surface area contributed by atoms with E-state index in [2.05, 4.69) is 0 Å². The van der Waals surface area contributed by atoms with Crippen molar-refractivity contribution in [3.8, 4) is 5.75 Å². The molecule has 0 aromatic heterocycles. The number of ether oxygens (including phenoxy) is 1. The summed E-state index contributed by atoms with van der Waals surface area (Å²) in [5, 5.41) is 8.85. The minimum absolute atomic E-state index is 0.196. The van der Waals surface area contributed by atoms with E-state index in [4.69, 9.17) is 9.84 Å². The van der Waals surface area contributed by atoms with E-state index in [-0.39, 0.29) is 11.7 Å². The third-order valence-electron chi connectivity index (χ3n) is 2.31. The van der Waals surface area contributed by atoms with Crippen molar-refractivity contribution >= 4 is 5.97 Å². The Hall–Kier alpha value is -2.03. The molecule has 1 aliphatic carbocycles. The molecular weight excluding hydrogens is 204 g/mol. The van der Waals surface area contributed by atoms with Crippen LogP contribution in [0.25, 0.3) is 0 Å². The van der Waals surface area contributed by atoms with E-state index in [1.165, 1.54) is 0 Å². The fourth-order valence-electron chi connectivity index (χ4n) is 1.55. The SMILES string of the molecule is O=C(O)C1=CC(Oc2ccccc2)CC=C1. The van der Waals surface area contributed by atoms with Crippen LogP contribution in [0.3, 0.4) is 0 Å². The molecule has 0 bridgehead atoms. The Morgan fingerprint density at radius 3 is 2.75 bits per heavy atom. The number of rotatable bonds is 3. The highest BCUT2D eigenvalue weighted by molar-refractivity contribution is 5.90. The summed E-state index contributed by atoms with van der Waals surface area (Å²) in [6.07, 6.45) is 5.56. The van der Waals surface area contributed by atoms with Gasteiger partial charge >= 0.3 is 5.97 Å². The fraction of sp³-hybridized carbons (Fsp3) is 0.154. The molecule has 0 spiro atoms. The van der Waals surface area contributed by atoms with E-state index in [1.54, 1.807) is 12.2 Å². The normalized spacial score (nSPS) is 19.0.